The van der Waals surface area contributed by atoms with Crippen LogP contribution in [0.5, 0.6) is 5.75 Å². The molecule has 168 valence electrons. The number of carbonyl (C=O) groups excluding carboxylic acids is 1. The molecule has 0 aliphatic rings. The molecule has 0 saturated carbocycles. The lowest BCUT2D eigenvalue weighted by atomic mass is 10.2. The van der Waals surface area contributed by atoms with Gasteiger partial charge in [0.05, 0.1) is 7.11 Å². The third-order valence-electron chi connectivity index (χ3n) is 5.03. The molecule has 6 nitrogen and oxygen atoms in total. The molecule has 0 atom stereocenters. The second kappa shape index (κ2) is 10.7. The molecule has 1 aromatic heterocycles. The number of para-hydroxylation sites is 1. The molecule has 0 radical (unpaired) electrons. The van der Waals surface area contributed by atoms with Gasteiger partial charge in [0.25, 0.3) is 0 Å². The number of nitrogens with zero attached hydrogens (tertiary/aromatic N) is 3. The van der Waals surface area contributed by atoms with Crippen molar-refractivity contribution >= 4 is 39.3 Å². The Morgan fingerprint density at radius 3 is 2.55 bits per heavy atom. The minimum Gasteiger partial charge on any atom is -0.497 e. The molecule has 0 fully saturated rings. The summed E-state index contributed by atoms with van der Waals surface area (Å²) in [6.45, 7) is 1.94. The second-order valence-electron chi connectivity index (χ2n) is 7.28. The van der Waals surface area contributed by atoms with Crippen LogP contribution in [0.4, 0.5) is 5.69 Å². The number of ether oxygens (including phenoxy) is 1. The number of benzene rings is 3. The summed E-state index contributed by atoms with van der Waals surface area (Å²) in [6.07, 6.45) is 0.349. The van der Waals surface area contributed by atoms with E-state index in [2.05, 4.69) is 31.4 Å². The third-order valence-corrected chi connectivity index (χ3v) is 6.65. The highest BCUT2D eigenvalue weighted by Gasteiger charge is 2.18. The first-order valence-corrected chi connectivity index (χ1v) is 12.2. The number of anilines is 1. The monoisotopic (exact) mass is 522 g/mol. The normalized spacial score (nSPS) is 10.8. The van der Waals surface area contributed by atoms with Crippen molar-refractivity contribution in [3.63, 3.8) is 0 Å². The highest BCUT2D eigenvalue weighted by molar-refractivity contribution is 9.10. The van der Waals surface area contributed by atoms with E-state index in [0.29, 0.717) is 12.2 Å². The van der Waals surface area contributed by atoms with Gasteiger partial charge in [0.2, 0.25) is 5.91 Å². The molecule has 4 aromatic rings. The maximum atomic E-state index is 12.5. The van der Waals surface area contributed by atoms with Gasteiger partial charge in [0.1, 0.15) is 5.75 Å². The van der Waals surface area contributed by atoms with Crippen LogP contribution in [0.2, 0.25) is 0 Å². The van der Waals surface area contributed by atoms with Gasteiger partial charge >= 0.3 is 0 Å². The molecular weight excluding hydrogens is 500 g/mol. The van der Waals surface area contributed by atoms with Crippen LogP contribution in [0, 0.1) is 6.92 Å². The molecule has 1 heterocycles. The van der Waals surface area contributed by atoms with E-state index in [1.54, 1.807) is 7.11 Å². The van der Waals surface area contributed by atoms with Crippen LogP contribution in [0.15, 0.2) is 82.4 Å². The Labute approximate surface area is 205 Å². The Hall–Kier alpha value is -3.10. The SMILES string of the molecule is COc1ccc(NC(=O)CCSc2nnc(-c3ccccc3Br)n2-c2ccccc2)c(C)c1. The minimum absolute atomic E-state index is 0.0485. The Morgan fingerprint density at radius 2 is 1.82 bits per heavy atom. The molecule has 0 spiro atoms. The van der Waals surface area contributed by atoms with E-state index in [0.717, 1.165) is 43.7 Å². The van der Waals surface area contributed by atoms with Crippen molar-refractivity contribution in [3.8, 4) is 22.8 Å². The van der Waals surface area contributed by atoms with Crippen molar-refractivity contribution in [3.05, 3.63) is 82.8 Å². The number of hydrogen-bond donors (Lipinski definition) is 1. The Bertz CT molecular complexity index is 1260. The van der Waals surface area contributed by atoms with Crippen molar-refractivity contribution in [2.75, 3.05) is 18.2 Å². The van der Waals surface area contributed by atoms with E-state index in [1.165, 1.54) is 11.8 Å². The molecule has 33 heavy (non-hydrogen) atoms. The Morgan fingerprint density at radius 1 is 1.06 bits per heavy atom. The standard InChI is InChI=1S/C25H23BrN4O2S/c1-17-16-19(32-2)12-13-22(17)27-23(31)14-15-33-25-29-28-24(20-10-6-7-11-21(20)26)30(25)18-8-4-3-5-9-18/h3-13,16H,14-15H2,1-2H3,(H,27,31). The summed E-state index contributed by atoms with van der Waals surface area (Å²) in [5.74, 6) is 2.03. The summed E-state index contributed by atoms with van der Waals surface area (Å²) in [5, 5.41) is 12.6. The number of rotatable bonds is 8. The number of amides is 1. The highest BCUT2D eigenvalue weighted by Crippen LogP contribution is 2.32. The van der Waals surface area contributed by atoms with Gasteiger partial charge in [0, 0.05) is 33.6 Å². The summed E-state index contributed by atoms with van der Waals surface area (Å²) in [7, 11) is 1.63. The molecule has 8 heteroatoms. The summed E-state index contributed by atoms with van der Waals surface area (Å²) >= 11 is 5.12. The largest absolute Gasteiger partial charge is 0.497 e. The van der Waals surface area contributed by atoms with E-state index in [-0.39, 0.29) is 5.91 Å². The zero-order valence-corrected chi connectivity index (χ0v) is 20.7. The van der Waals surface area contributed by atoms with E-state index < -0.39 is 0 Å². The highest BCUT2D eigenvalue weighted by atomic mass is 79.9. The van der Waals surface area contributed by atoms with Crippen LogP contribution >= 0.6 is 27.7 Å². The lowest BCUT2D eigenvalue weighted by molar-refractivity contribution is -0.115. The first-order chi connectivity index (χ1) is 16.1. The van der Waals surface area contributed by atoms with E-state index in [9.17, 15) is 4.79 Å². The quantitative estimate of drug-likeness (QED) is 0.281. The molecular formula is C25H23BrN4O2S. The first kappa shape index (κ1) is 23.1. The van der Waals surface area contributed by atoms with Crippen LogP contribution < -0.4 is 10.1 Å². The van der Waals surface area contributed by atoms with Gasteiger partial charge in [-0.2, -0.15) is 0 Å². The zero-order valence-electron chi connectivity index (χ0n) is 18.3. The molecule has 0 aliphatic carbocycles. The van der Waals surface area contributed by atoms with Gasteiger partial charge < -0.3 is 10.1 Å². The Balaban J connectivity index is 1.49. The maximum Gasteiger partial charge on any atom is 0.225 e. The third kappa shape index (κ3) is 5.46. The van der Waals surface area contributed by atoms with Crippen molar-refractivity contribution in [1.29, 1.82) is 0 Å². The number of thioether (sulfide) groups is 1. The van der Waals surface area contributed by atoms with E-state index in [4.69, 9.17) is 4.74 Å². The average Bonchev–Trinajstić information content (AvgIpc) is 3.24. The van der Waals surface area contributed by atoms with Crippen LogP contribution in [0.3, 0.4) is 0 Å². The molecule has 0 aliphatic heterocycles. The number of halogens is 1. The minimum atomic E-state index is -0.0485. The number of aryl methyl sites for hydroxylation is 1. The maximum absolute atomic E-state index is 12.5. The predicted octanol–water partition coefficient (Wildman–Crippen LogP) is 6.13. The molecule has 0 saturated heterocycles. The fourth-order valence-electron chi connectivity index (χ4n) is 3.34. The summed E-state index contributed by atoms with van der Waals surface area (Å²) in [4.78, 5) is 12.5. The molecule has 0 bridgehead atoms. The lowest BCUT2D eigenvalue weighted by Crippen LogP contribution is -2.13. The molecule has 4 rings (SSSR count). The number of carbonyl (C=O) groups is 1. The van der Waals surface area contributed by atoms with Crippen LogP contribution in [-0.2, 0) is 4.79 Å². The molecule has 3 aromatic carbocycles. The number of nitrogens with one attached hydrogen (secondary N) is 1. The van der Waals surface area contributed by atoms with Crippen LogP contribution in [0.1, 0.15) is 12.0 Å². The fourth-order valence-corrected chi connectivity index (χ4v) is 4.69. The first-order valence-electron chi connectivity index (χ1n) is 10.4. The smallest absolute Gasteiger partial charge is 0.225 e. The van der Waals surface area contributed by atoms with Gasteiger partial charge in [-0.15, -0.1) is 10.2 Å². The topological polar surface area (TPSA) is 69.0 Å². The van der Waals surface area contributed by atoms with Crippen LogP contribution in [0.25, 0.3) is 17.1 Å². The number of methoxy groups -OCH3 is 1. The molecule has 1 amide bonds. The zero-order chi connectivity index (χ0) is 23.2. The van der Waals surface area contributed by atoms with Crippen molar-refractivity contribution in [2.45, 2.75) is 18.5 Å². The van der Waals surface area contributed by atoms with Gasteiger partial charge in [0.15, 0.2) is 11.0 Å². The molecule has 0 unspecified atom stereocenters. The summed E-state index contributed by atoms with van der Waals surface area (Å²) in [6, 6.07) is 23.5. The van der Waals surface area contributed by atoms with Gasteiger partial charge in [-0.3, -0.25) is 9.36 Å². The van der Waals surface area contributed by atoms with Gasteiger partial charge in [-0.25, -0.2) is 0 Å². The second-order valence-corrected chi connectivity index (χ2v) is 9.20. The van der Waals surface area contributed by atoms with E-state index >= 15 is 0 Å². The predicted molar refractivity (Wildman–Crippen MR) is 136 cm³/mol. The summed E-state index contributed by atoms with van der Waals surface area (Å²) < 4.78 is 8.19. The van der Waals surface area contributed by atoms with Crippen molar-refractivity contribution in [2.24, 2.45) is 0 Å². The van der Waals surface area contributed by atoms with Gasteiger partial charge in [-0.1, -0.05) is 64.1 Å². The van der Waals surface area contributed by atoms with Gasteiger partial charge in [-0.05, 0) is 48.9 Å². The van der Waals surface area contributed by atoms with Crippen LogP contribution in [-0.4, -0.2) is 33.5 Å². The fraction of sp³-hybridized carbons (Fsp3) is 0.160. The van der Waals surface area contributed by atoms with E-state index in [1.807, 2.05) is 84.3 Å². The number of aromatic nitrogens is 3. The lowest BCUT2D eigenvalue weighted by Gasteiger charge is -2.12. The molecule has 1 N–H and O–H groups in total. The summed E-state index contributed by atoms with van der Waals surface area (Å²) in [5.41, 5.74) is 3.66. The van der Waals surface area contributed by atoms with Crippen molar-refractivity contribution in [1.82, 2.24) is 14.8 Å². The number of hydrogen-bond acceptors (Lipinski definition) is 5. The Kier molecular flexibility index (Phi) is 7.47. The average molecular weight is 523 g/mol. The van der Waals surface area contributed by atoms with Crippen molar-refractivity contribution < 1.29 is 9.53 Å².